The summed E-state index contributed by atoms with van der Waals surface area (Å²) in [6, 6.07) is 0. The van der Waals surface area contributed by atoms with Gasteiger partial charge < -0.3 is 10.4 Å². The second kappa shape index (κ2) is 3.18. The van der Waals surface area contributed by atoms with Crippen LogP contribution in [0.25, 0.3) is 0 Å². The van der Waals surface area contributed by atoms with Gasteiger partial charge in [-0.1, -0.05) is 6.92 Å². The normalized spacial score (nSPS) is 22.2. The molecular formula is C8H11F2NO3. The number of Topliss-reactive ketones (excluding diaryl/α,β-unsaturated/α-hetero) is 1. The van der Waals surface area contributed by atoms with Gasteiger partial charge in [-0.3, -0.25) is 4.79 Å². The highest BCUT2D eigenvalue weighted by molar-refractivity contribution is 5.92. The number of hydrogen-bond donors (Lipinski definition) is 2. The second-order valence-corrected chi connectivity index (χ2v) is 3.50. The number of nitrogens with one attached hydrogen (secondary N) is 1. The monoisotopic (exact) mass is 207 g/mol. The largest absolute Gasteiger partial charge is 0.465 e. The average Bonchev–Trinajstić information content (AvgIpc) is 1.97. The molecule has 1 fully saturated rings. The molecule has 0 saturated heterocycles. The van der Waals surface area contributed by atoms with Gasteiger partial charge in [0, 0.05) is 19.3 Å². The summed E-state index contributed by atoms with van der Waals surface area (Å²) in [5.74, 6) is -3.40. The van der Waals surface area contributed by atoms with Crippen LogP contribution in [0.2, 0.25) is 0 Å². The number of carboxylic acid groups (broad SMARTS) is 1. The van der Waals surface area contributed by atoms with Gasteiger partial charge in [0.2, 0.25) is 0 Å². The van der Waals surface area contributed by atoms with E-state index in [-0.39, 0.29) is 6.42 Å². The summed E-state index contributed by atoms with van der Waals surface area (Å²) in [6.45, 7) is 1.52. The topological polar surface area (TPSA) is 66.4 Å². The Bertz CT molecular complexity index is 270. The molecule has 0 aromatic rings. The Morgan fingerprint density at radius 2 is 1.93 bits per heavy atom. The third-order valence-electron chi connectivity index (χ3n) is 2.32. The van der Waals surface area contributed by atoms with Gasteiger partial charge in [0.15, 0.2) is 5.78 Å². The van der Waals surface area contributed by atoms with Crippen LogP contribution in [0.1, 0.15) is 26.2 Å². The lowest BCUT2D eigenvalue weighted by atomic mass is 9.70. The van der Waals surface area contributed by atoms with Crippen molar-refractivity contribution in [3.05, 3.63) is 0 Å². The van der Waals surface area contributed by atoms with Gasteiger partial charge in [-0.15, -0.1) is 0 Å². The summed E-state index contributed by atoms with van der Waals surface area (Å²) in [7, 11) is 0. The van der Waals surface area contributed by atoms with Crippen LogP contribution < -0.4 is 5.32 Å². The predicted molar refractivity (Wildman–Crippen MR) is 43.4 cm³/mol. The number of ketones is 1. The minimum absolute atomic E-state index is 0.0519. The zero-order valence-corrected chi connectivity index (χ0v) is 7.64. The Labute approximate surface area is 79.3 Å². The Morgan fingerprint density at radius 1 is 1.43 bits per heavy atom. The maximum atomic E-state index is 12.6. The number of rotatable bonds is 3. The Hall–Kier alpha value is -1.20. The molecule has 0 heterocycles. The molecule has 4 nitrogen and oxygen atoms in total. The van der Waals surface area contributed by atoms with Crippen LogP contribution in [-0.4, -0.2) is 28.4 Å². The van der Waals surface area contributed by atoms with Crippen LogP contribution in [0.15, 0.2) is 0 Å². The van der Waals surface area contributed by atoms with E-state index in [0.29, 0.717) is 0 Å². The van der Waals surface area contributed by atoms with Crippen molar-refractivity contribution in [3.63, 3.8) is 0 Å². The van der Waals surface area contributed by atoms with Crippen LogP contribution in [-0.2, 0) is 4.79 Å². The highest BCUT2D eigenvalue weighted by Crippen LogP contribution is 2.46. The van der Waals surface area contributed by atoms with Crippen molar-refractivity contribution in [1.82, 2.24) is 5.32 Å². The molecule has 6 heteroatoms. The van der Waals surface area contributed by atoms with E-state index in [9.17, 15) is 18.4 Å². The van der Waals surface area contributed by atoms with Crippen molar-refractivity contribution in [2.45, 2.75) is 37.6 Å². The van der Waals surface area contributed by atoms with Crippen molar-refractivity contribution in [1.29, 1.82) is 0 Å². The molecule has 0 radical (unpaired) electrons. The first-order valence-corrected chi connectivity index (χ1v) is 4.23. The lowest BCUT2D eigenvalue weighted by Gasteiger charge is -2.45. The molecular weight excluding hydrogens is 196 g/mol. The highest BCUT2D eigenvalue weighted by Gasteiger charge is 2.60. The van der Waals surface area contributed by atoms with Crippen LogP contribution in [0.4, 0.5) is 13.6 Å². The minimum Gasteiger partial charge on any atom is -0.465 e. The van der Waals surface area contributed by atoms with Gasteiger partial charge in [-0.25, -0.2) is 13.6 Å². The first-order chi connectivity index (χ1) is 6.31. The molecule has 0 aliphatic heterocycles. The average molecular weight is 207 g/mol. The van der Waals surface area contributed by atoms with E-state index < -0.39 is 36.2 Å². The van der Waals surface area contributed by atoms with Crippen molar-refractivity contribution < 1.29 is 23.5 Å². The smallest absolute Gasteiger partial charge is 0.405 e. The van der Waals surface area contributed by atoms with Crippen LogP contribution in [0, 0.1) is 0 Å². The van der Waals surface area contributed by atoms with E-state index in [1.807, 2.05) is 5.32 Å². The molecule has 1 aliphatic rings. The molecule has 1 rings (SSSR count). The number of amides is 1. The van der Waals surface area contributed by atoms with Crippen LogP contribution in [0.3, 0.4) is 0 Å². The zero-order valence-electron chi connectivity index (χ0n) is 7.64. The Morgan fingerprint density at radius 3 is 2.21 bits per heavy atom. The molecule has 1 saturated carbocycles. The van der Waals surface area contributed by atoms with Gasteiger partial charge in [-0.2, -0.15) is 0 Å². The van der Waals surface area contributed by atoms with Gasteiger partial charge in [0.25, 0.3) is 5.92 Å². The van der Waals surface area contributed by atoms with E-state index in [2.05, 4.69) is 0 Å². The number of carbonyl (C=O) groups excluding carboxylic acids is 1. The van der Waals surface area contributed by atoms with Crippen molar-refractivity contribution in [2.24, 2.45) is 0 Å². The summed E-state index contributed by atoms with van der Waals surface area (Å²) in [5.41, 5.74) is -1.55. The summed E-state index contributed by atoms with van der Waals surface area (Å²) >= 11 is 0. The SMILES string of the molecule is CCC(=O)C1(NC(=O)O)CC(F)(F)C1. The maximum absolute atomic E-state index is 12.6. The van der Waals surface area contributed by atoms with Gasteiger partial charge in [-0.05, 0) is 0 Å². The molecule has 0 aromatic carbocycles. The fraction of sp³-hybridized carbons (Fsp3) is 0.750. The van der Waals surface area contributed by atoms with Gasteiger partial charge >= 0.3 is 6.09 Å². The lowest BCUT2D eigenvalue weighted by Crippen LogP contribution is -2.66. The number of alkyl halides is 2. The summed E-state index contributed by atoms with van der Waals surface area (Å²) < 4.78 is 25.2. The summed E-state index contributed by atoms with van der Waals surface area (Å²) in [5, 5.41) is 10.3. The fourth-order valence-electron chi connectivity index (χ4n) is 1.73. The van der Waals surface area contributed by atoms with E-state index in [1.54, 1.807) is 0 Å². The summed E-state index contributed by atoms with van der Waals surface area (Å²) in [6.07, 6.45) is -2.84. The zero-order chi connectivity index (χ0) is 11.0. The Kier molecular flexibility index (Phi) is 2.47. The fourth-order valence-corrected chi connectivity index (χ4v) is 1.73. The lowest BCUT2D eigenvalue weighted by molar-refractivity contribution is -0.158. The third kappa shape index (κ3) is 1.83. The Balaban J connectivity index is 2.74. The minimum atomic E-state index is -2.92. The molecule has 0 unspecified atom stereocenters. The van der Waals surface area contributed by atoms with E-state index in [0.717, 1.165) is 0 Å². The maximum Gasteiger partial charge on any atom is 0.405 e. The number of hydrogen-bond acceptors (Lipinski definition) is 2. The quantitative estimate of drug-likeness (QED) is 0.735. The molecule has 1 aliphatic carbocycles. The number of carbonyl (C=O) groups is 2. The molecule has 0 atom stereocenters. The number of halogens is 2. The van der Waals surface area contributed by atoms with E-state index >= 15 is 0 Å². The van der Waals surface area contributed by atoms with Crippen molar-refractivity contribution in [2.75, 3.05) is 0 Å². The van der Waals surface area contributed by atoms with E-state index in [1.165, 1.54) is 6.92 Å². The molecule has 0 bridgehead atoms. The first-order valence-electron chi connectivity index (χ1n) is 4.23. The standard InChI is InChI=1S/C8H11F2NO3/c1-2-5(12)7(11-6(13)14)3-8(9,10)4-7/h11H,2-4H2,1H3,(H,13,14). The first kappa shape index (κ1) is 10.9. The molecule has 0 aromatic heterocycles. The molecule has 0 spiro atoms. The van der Waals surface area contributed by atoms with Crippen molar-refractivity contribution >= 4 is 11.9 Å². The van der Waals surface area contributed by atoms with Crippen molar-refractivity contribution in [3.8, 4) is 0 Å². The second-order valence-electron chi connectivity index (χ2n) is 3.50. The molecule has 1 amide bonds. The van der Waals surface area contributed by atoms with E-state index in [4.69, 9.17) is 5.11 Å². The summed E-state index contributed by atoms with van der Waals surface area (Å²) in [4.78, 5) is 21.6. The predicted octanol–water partition coefficient (Wildman–Crippen LogP) is 1.40. The van der Waals surface area contributed by atoms with Crippen LogP contribution >= 0.6 is 0 Å². The van der Waals surface area contributed by atoms with Gasteiger partial charge in [0.05, 0.1) is 0 Å². The third-order valence-corrected chi connectivity index (χ3v) is 2.32. The highest BCUT2D eigenvalue weighted by atomic mass is 19.3. The molecule has 80 valence electrons. The molecule has 2 N–H and O–H groups in total. The van der Waals surface area contributed by atoms with Gasteiger partial charge in [0.1, 0.15) is 5.54 Å². The van der Waals surface area contributed by atoms with Crippen LogP contribution in [0.5, 0.6) is 0 Å². The molecule has 14 heavy (non-hydrogen) atoms.